The van der Waals surface area contributed by atoms with Gasteiger partial charge < -0.3 is 0 Å². The lowest BCUT2D eigenvalue weighted by Gasteiger charge is -2.06. The predicted octanol–water partition coefficient (Wildman–Crippen LogP) is 2.86. The molecule has 2 rings (SSSR count). The van der Waals surface area contributed by atoms with Crippen molar-refractivity contribution < 1.29 is 0 Å². The van der Waals surface area contributed by atoms with Crippen LogP contribution in [0.3, 0.4) is 0 Å². The Hall–Kier alpha value is -1.31. The maximum atomic E-state index is 3.94. The van der Waals surface area contributed by atoms with Crippen molar-refractivity contribution in [1.29, 1.82) is 0 Å². The van der Waals surface area contributed by atoms with Gasteiger partial charge in [0.15, 0.2) is 0 Å². The van der Waals surface area contributed by atoms with E-state index >= 15 is 0 Å². The highest BCUT2D eigenvalue weighted by Gasteiger charge is 2.12. The van der Waals surface area contributed by atoms with E-state index in [0.29, 0.717) is 5.92 Å². The second-order valence-electron chi connectivity index (χ2n) is 4.00. The van der Waals surface area contributed by atoms with Gasteiger partial charge in [-0.1, -0.05) is 30.2 Å². The summed E-state index contributed by atoms with van der Waals surface area (Å²) in [4.78, 5) is 0. The predicted molar refractivity (Wildman–Crippen MR) is 57.9 cm³/mol. The number of aryl methyl sites for hydroxylation is 1. The monoisotopic (exact) mass is 188 g/mol. The first-order chi connectivity index (χ1) is 6.75. The van der Waals surface area contributed by atoms with E-state index in [-0.39, 0.29) is 0 Å². The van der Waals surface area contributed by atoms with Gasteiger partial charge in [-0.3, -0.25) is 5.10 Å². The Kier molecular flexibility index (Phi) is 2.53. The zero-order valence-corrected chi connectivity index (χ0v) is 8.75. The highest BCUT2D eigenvalue weighted by Crippen LogP contribution is 2.26. The molecular formula is C12H16N2. The minimum Gasteiger partial charge on any atom is -0.283 e. The van der Waals surface area contributed by atoms with Crippen molar-refractivity contribution in [2.75, 3.05) is 0 Å². The van der Waals surface area contributed by atoms with Crippen molar-refractivity contribution in [2.45, 2.75) is 26.7 Å². The minimum atomic E-state index is 0.623. The number of hydrogen-bond acceptors (Lipinski definition) is 1. The zero-order valence-electron chi connectivity index (χ0n) is 8.75. The molecule has 0 saturated carbocycles. The van der Waals surface area contributed by atoms with Crippen molar-refractivity contribution in [3.63, 3.8) is 0 Å². The molecule has 2 nitrogen and oxygen atoms in total. The number of nitrogens with one attached hydrogen (secondary N) is 1. The van der Waals surface area contributed by atoms with Gasteiger partial charge in [0, 0.05) is 11.9 Å². The summed E-state index contributed by atoms with van der Waals surface area (Å²) in [6.07, 6.45) is 8.64. The van der Waals surface area contributed by atoms with E-state index in [2.05, 4.69) is 36.2 Å². The molecule has 74 valence electrons. The lowest BCUT2D eigenvalue weighted by atomic mass is 10.00. The Morgan fingerprint density at radius 2 is 2.29 bits per heavy atom. The van der Waals surface area contributed by atoms with Crippen LogP contribution in [0.5, 0.6) is 0 Å². The van der Waals surface area contributed by atoms with E-state index in [1.165, 1.54) is 16.8 Å². The van der Waals surface area contributed by atoms with Gasteiger partial charge >= 0.3 is 0 Å². The van der Waals surface area contributed by atoms with Crippen molar-refractivity contribution in [3.05, 3.63) is 41.3 Å². The number of allylic oxidation sites excluding steroid dienone is 4. The molecule has 0 aliphatic heterocycles. The quantitative estimate of drug-likeness (QED) is 0.776. The third kappa shape index (κ3) is 1.95. The van der Waals surface area contributed by atoms with Crippen LogP contribution in [0.2, 0.25) is 0 Å². The first-order valence-electron chi connectivity index (χ1n) is 5.13. The lowest BCUT2D eigenvalue weighted by Crippen LogP contribution is -1.95. The van der Waals surface area contributed by atoms with Crippen molar-refractivity contribution in [3.8, 4) is 0 Å². The Labute approximate surface area is 84.7 Å². The molecule has 0 spiro atoms. The summed E-state index contributed by atoms with van der Waals surface area (Å²) in [6, 6.07) is 2.04. The van der Waals surface area contributed by atoms with E-state index in [9.17, 15) is 0 Å². The van der Waals surface area contributed by atoms with Gasteiger partial charge in [-0.05, 0) is 31.7 Å². The molecule has 1 unspecified atom stereocenters. The van der Waals surface area contributed by atoms with E-state index < -0.39 is 0 Å². The Bertz CT molecular complexity index is 358. The number of H-pyrrole nitrogens is 1. The average molecular weight is 188 g/mol. The third-order valence-electron chi connectivity index (χ3n) is 2.75. The second-order valence-corrected chi connectivity index (χ2v) is 4.00. The molecule has 0 saturated heterocycles. The highest BCUT2D eigenvalue weighted by molar-refractivity contribution is 5.33. The SMILES string of the molecule is CC1=CC(C)C(CCc2ccn[nH]2)=C1. The van der Waals surface area contributed by atoms with Crippen LogP contribution in [0.25, 0.3) is 0 Å². The summed E-state index contributed by atoms with van der Waals surface area (Å²) < 4.78 is 0. The van der Waals surface area contributed by atoms with Crippen LogP contribution in [0.1, 0.15) is 26.0 Å². The second kappa shape index (κ2) is 3.82. The molecule has 1 aliphatic carbocycles. The number of rotatable bonds is 3. The molecule has 0 amide bonds. The first-order valence-corrected chi connectivity index (χ1v) is 5.13. The van der Waals surface area contributed by atoms with Crippen molar-refractivity contribution in [2.24, 2.45) is 5.92 Å². The molecule has 1 aromatic heterocycles. The molecule has 0 fully saturated rings. The van der Waals surface area contributed by atoms with Crippen LogP contribution < -0.4 is 0 Å². The average Bonchev–Trinajstić information content (AvgIpc) is 2.72. The fourth-order valence-electron chi connectivity index (χ4n) is 1.98. The molecule has 0 bridgehead atoms. The summed E-state index contributed by atoms with van der Waals surface area (Å²) in [7, 11) is 0. The van der Waals surface area contributed by atoms with Crippen LogP contribution in [-0.2, 0) is 6.42 Å². The topological polar surface area (TPSA) is 28.7 Å². The van der Waals surface area contributed by atoms with Crippen molar-refractivity contribution in [1.82, 2.24) is 10.2 Å². The molecule has 1 atom stereocenters. The van der Waals surface area contributed by atoms with E-state index in [4.69, 9.17) is 0 Å². The summed E-state index contributed by atoms with van der Waals surface area (Å²) in [6.45, 7) is 4.43. The molecule has 1 aromatic rings. The molecular weight excluding hydrogens is 172 g/mol. The van der Waals surface area contributed by atoms with E-state index in [1.807, 2.05) is 12.3 Å². The molecule has 14 heavy (non-hydrogen) atoms. The normalized spacial score (nSPS) is 20.9. The smallest absolute Gasteiger partial charge is 0.0490 e. The van der Waals surface area contributed by atoms with Gasteiger partial charge in [0.1, 0.15) is 0 Å². The van der Waals surface area contributed by atoms with Gasteiger partial charge in [-0.2, -0.15) is 5.10 Å². The molecule has 1 aliphatic rings. The molecule has 2 heteroatoms. The maximum absolute atomic E-state index is 3.94. The summed E-state index contributed by atoms with van der Waals surface area (Å²) in [5.41, 5.74) is 4.16. The van der Waals surface area contributed by atoms with Crippen molar-refractivity contribution >= 4 is 0 Å². The standard InChI is InChI=1S/C12H16N2/c1-9-7-10(2)11(8-9)3-4-12-5-6-13-14-12/h5-8,10H,3-4H2,1-2H3,(H,13,14). The van der Waals surface area contributed by atoms with Crippen LogP contribution in [0, 0.1) is 5.92 Å². The summed E-state index contributed by atoms with van der Waals surface area (Å²) in [5.74, 6) is 0.623. The molecule has 1 heterocycles. The lowest BCUT2D eigenvalue weighted by molar-refractivity contribution is 0.773. The van der Waals surface area contributed by atoms with Crippen LogP contribution in [0.4, 0.5) is 0 Å². The third-order valence-corrected chi connectivity index (χ3v) is 2.75. The fourth-order valence-corrected chi connectivity index (χ4v) is 1.98. The maximum Gasteiger partial charge on any atom is 0.0490 e. The van der Waals surface area contributed by atoms with Gasteiger partial charge in [-0.15, -0.1) is 0 Å². The number of hydrogen-bond donors (Lipinski definition) is 1. The van der Waals surface area contributed by atoms with Crippen LogP contribution >= 0.6 is 0 Å². The van der Waals surface area contributed by atoms with Gasteiger partial charge in [0.2, 0.25) is 0 Å². The summed E-state index contributed by atoms with van der Waals surface area (Å²) in [5, 5.41) is 6.94. The van der Waals surface area contributed by atoms with E-state index in [0.717, 1.165) is 12.8 Å². The van der Waals surface area contributed by atoms with Gasteiger partial charge in [0.25, 0.3) is 0 Å². The first kappa shape index (κ1) is 9.25. The van der Waals surface area contributed by atoms with Crippen LogP contribution in [-0.4, -0.2) is 10.2 Å². The number of aromatic nitrogens is 2. The Balaban J connectivity index is 1.91. The van der Waals surface area contributed by atoms with Crippen LogP contribution in [0.15, 0.2) is 35.6 Å². The number of aromatic amines is 1. The summed E-state index contributed by atoms with van der Waals surface area (Å²) >= 11 is 0. The Morgan fingerprint density at radius 1 is 1.43 bits per heavy atom. The fraction of sp³-hybridized carbons (Fsp3) is 0.417. The highest BCUT2D eigenvalue weighted by atomic mass is 15.1. The zero-order chi connectivity index (χ0) is 9.97. The molecule has 0 radical (unpaired) electrons. The van der Waals surface area contributed by atoms with E-state index in [1.54, 1.807) is 0 Å². The number of nitrogens with zero attached hydrogens (tertiary/aromatic N) is 1. The molecule has 0 aromatic carbocycles. The Morgan fingerprint density at radius 3 is 2.86 bits per heavy atom. The molecule has 1 N–H and O–H groups in total. The minimum absolute atomic E-state index is 0.623. The van der Waals surface area contributed by atoms with Gasteiger partial charge in [0.05, 0.1) is 0 Å². The van der Waals surface area contributed by atoms with Gasteiger partial charge in [-0.25, -0.2) is 0 Å². The largest absolute Gasteiger partial charge is 0.283 e.